The Bertz CT molecular complexity index is 1100. The average Bonchev–Trinajstić information content (AvgIpc) is 3.38. The Kier molecular flexibility index (Phi) is 6.31. The van der Waals surface area contributed by atoms with Gasteiger partial charge in [-0.05, 0) is 43.5 Å². The van der Waals surface area contributed by atoms with E-state index in [9.17, 15) is 14.4 Å². The maximum atomic E-state index is 13.0. The van der Waals surface area contributed by atoms with Gasteiger partial charge in [0, 0.05) is 11.3 Å². The monoisotopic (exact) mass is 446 g/mol. The molecule has 170 valence electrons. The van der Waals surface area contributed by atoms with Crippen LogP contribution in [0.4, 0.5) is 10.5 Å². The van der Waals surface area contributed by atoms with Crippen molar-refractivity contribution in [2.75, 3.05) is 5.32 Å². The Morgan fingerprint density at radius 1 is 1.18 bits per heavy atom. The molecule has 0 radical (unpaired) electrons. The van der Waals surface area contributed by atoms with E-state index in [4.69, 9.17) is 10.00 Å². The molecule has 33 heavy (non-hydrogen) atoms. The second-order valence-corrected chi connectivity index (χ2v) is 8.48. The van der Waals surface area contributed by atoms with E-state index >= 15 is 0 Å². The van der Waals surface area contributed by atoms with E-state index in [0.29, 0.717) is 30.7 Å². The van der Waals surface area contributed by atoms with Crippen LogP contribution in [0.2, 0.25) is 0 Å². The Balaban J connectivity index is 1.42. The summed E-state index contributed by atoms with van der Waals surface area (Å²) in [5, 5.41) is 14.4. The molecular weight excluding hydrogens is 420 g/mol. The zero-order valence-corrected chi connectivity index (χ0v) is 18.5. The van der Waals surface area contributed by atoms with E-state index in [0.717, 1.165) is 28.9 Å². The second kappa shape index (κ2) is 9.33. The van der Waals surface area contributed by atoms with Gasteiger partial charge in [0.2, 0.25) is 5.91 Å². The molecule has 1 heterocycles. The van der Waals surface area contributed by atoms with Crippen molar-refractivity contribution >= 4 is 23.5 Å². The van der Waals surface area contributed by atoms with Gasteiger partial charge in [0.1, 0.15) is 23.9 Å². The number of para-hydroxylation sites is 1. The van der Waals surface area contributed by atoms with Crippen LogP contribution in [0.5, 0.6) is 5.75 Å². The third-order valence-electron chi connectivity index (χ3n) is 6.29. The highest BCUT2D eigenvalue weighted by Crippen LogP contribution is 2.36. The number of nitrogens with zero attached hydrogens (tertiary/aromatic N) is 2. The lowest BCUT2D eigenvalue weighted by atomic mass is 9.97. The molecule has 2 N–H and O–H groups in total. The first kappa shape index (κ1) is 22.3. The summed E-state index contributed by atoms with van der Waals surface area (Å²) in [7, 11) is 0. The predicted octanol–water partition coefficient (Wildman–Crippen LogP) is 3.52. The summed E-state index contributed by atoms with van der Waals surface area (Å²) in [6, 6.07) is 15.1. The minimum Gasteiger partial charge on any atom is -0.489 e. The first-order valence-corrected chi connectivity index (χ1v) is 11.1. The number of amides is 4. The van der Waals surface area contributed by atoms with Gasteiger partial charge in [-0.25, -0.2) is 9.69 Å². The van der Waals surface area contributed by atoms with E-state index in [1.165, 1.54) is 0 Å². The second-order valence-electron chi connectivity index (χ2n) is 8.48. The minimum absolute atomic E-state index is 0.217. The van der Waals surface area contributed by atoms with Gasteiger partial charge in [-0.15, -0.1) is 0 Å². The first-order valence-electron chi connectivity index (χ1n) is 11.1. The highest BCUT2D eigenvalue weighted by molar-refractivity contribution is 6.11. The predicted molar refractivity (Wildman–Crippen MR) is 121 cm³/mol. The van der Waals surface area contributed by atoms with E-state index in [-0.39, 0.29) is 12.5 Å². The maximum absolute atomic E-state index is 13.0. The van der Waals surface area contributed by atoms with Crippen LogP contribution in [0.15, 0.2) is 48.5 Å². The molecule has 1 spiro atoms. The zero-order chi connectivity index (χ0) is 23.4. The van der Waals surface area contributed by atoms with E-state index in [1.54, 1.807) is 31.2 Å². The van der Waals surface area contributed by atoms with Crippen LogP contribution in [-0.2, 0) is 22.6 Å². The lowest BCUT2D eigenvalue weighted by molar-refractivity contribution is -0.136. The first-order chi connectivity index (χ1) is 15.9. The molecule has 2 fully saturated rings. The van der Waals surface area contributed by atoms with Crippen molar-refractivity contribution in [2.45, 2.75) is 57.2 Å². The summed E-state index contributed by atoms with van der Waals surface area (Å²) >= 11 is 0. The lowest BCUT2D eigenvalue weighted by Gasteiger charge is -2.24. The molecule has 0 aromatic heterocycles. The number of benzene rings is 2. The highest BCUT2D eigenvalue weighted by Gasteiger charge is 2.54. The fourth-order valence-corrected chi connectivity index (χ4v) is 4.39. The van der Waals surface area contributed by atoms with Gasteiger partial charge in [0.25, 0.3) is 5.91 Å². The molecule has 1 aliphatic heterocycles. The van der Waals surface area contributed by atoms with Crippen molar-refractivity contribution < 1.29 is 19.1 Å². The van der Waals surface area contributed by atoms with Crippen molar-refractivity contribution in [1.82, 2.24) is 10.2 Å². The molecule has 0 bridgehead atoms. The number of nitriles is 1. The Labute approximate surface area is 192 Å². The molecule has 8 nitrogen and oxygen atoms in total. The smallest absolute Gasteiger partial charge is 0.325 e. The standard InChI is InChI=1S/C25H26N4O4/c1-17(29-23(31)25(28-24(29)32)13-4-5-14-25)22(30)27-21-7-3-2-6-19(21)16-33-20-10-8-18(9-11-20)12-15-26/h2-3,6-11,17H,4-5,12-14,16H2,1H3,(H,27,30)(H,28,32). The number of hydrogen-bond acceptors (Lipinski definition) is 5. The average molecular weight is 447 g/mol. The molecular formula is C25H26N4O4. The molecule has 2 aromatic carbocycles. The fraction of sp³-hybridized carbons (Fsp3) is 0.360. The van der Waals surface area contributed by atoms with Gasteiger partial charge in [-0.1, -0.05) is 43.2 Å². The number of ether oxygens (including phenoxy) is 1. The van der Waals surface area contributed by atoms with Gasteiger partial charge in [-0.3, -0.25) is 9.59 Å². The van der Waals surface area contributed by atoms with Gasteiger partial charge in [0.05, 0.1) is 12.5 Å². The molecule has 8 heteroatoms. The number of nitrogens with one attached hydrogen (secondary N) is 2. The van der Waals surface area contributed by atoms with Crippen LogP contribution in [0.3, 0.4) is 0 Å². The Morgan fingerprint density at radius 3 is 2.58 bits per heavy atom. The molecule has 2 aromatic rings. The largest absolute Gasteiger partial charge is 0.489 e. The SMILES string of the molecule is CC(C(=O)Nc1ccccc1COc1ccc(CC#N)cc1)N1C(=O)NC2(CCCC2)C1=O. The minimum atomic E-state index is -0.945. The third kappa shape index (κ3) is 4.53. The van der Waals surface area contributed by atoms with Gasteiger partial charge in [0.15, 0.2) is 0 Å². The topological polar surface area (TPSA) is 112 Å². The van der Waals surface area contributed by atoms with E-state index < -0.39 is 23.5 Å². The van der Waals surface area contributed by atoms with Crippen molar-refractivity contribution in [2.24, 2.45) is 0 Å². The molecule has 2 aliphatic rings. The highest BCUT2D eigenvalue weighted by atomic mass is 16.5. The van der Waals surface area contributed by atoms with Crippen molar-refractivity contribution in [3.05, 3.63) is 59.7 Å². The summed E-state index contributed by atoms with van der Waals surface area (Å²) in [5.41, 5.74) is 1.37. The third-order valence-corrected chi connectivity index (χ3v) is 6.29. The van der Waals surface area contributed by atoms with Crippen LogP contribution in [-0.4, -0.2) is 34.3 Å². The van der Waals surface area contributed by atoms with Crippen LogP contribution in [0.25, 0.3) is 0 Å². The van der Waals surface area contributed by atoms with Crippen LogP contribution < -0.4 is 15.4 Å². The molecule has 1 aliphatic carbocycles. The molecule has 4 rings (SSSR count). The molecule has 4 amide bonds. The fourth-order valence-electron chi connectivity index (χ4n) is 4.39. The van der Waals surface area contributed by atoms with Gasteiger partial charge < -0.3 is 15.4 Å². The number of rotatable bonds is 7. The van der Waals surface area contributed by atoms with Crippen LogP contribution >= 0.6 is 0 Å². The number of anilines is 1. The van der Waals surface area contributed by atoms with Gasteiger partial charge >= 0.3 is 6.03 Å². The number of urea groups is 1. The number of imide groups is 1. The van der Waals surface area contributed by atoms with E-state index in [2.05, 4.69) is 16.7 Å². The number of hydrogen-bond donors (Lipinski definition) is 2. The van der Waals surface area contributed by atoms with Crippen molar-refractivity contribution in [1.29, 1.82) is 5.26 Å². The van der Waals surface area contributed by atoms with Crippen molar-refractivity contribution in [3.8, 4) is 11.8 Å². The normalized spacial score (nSPS) is 17.5. The summed E-state index contributed by atoms with van der Waals surface area (Å²) in [6.45, 7) is 1.78. The zero-order valence-electron chi connectivity index (χ0n) is 18.5. The van der Waals surface area contributed by atoms with Crippen molar-refractivity contribution in [3.63, 3.8) is 0 Å². The van der Waals surface area contributed by atoms with E-state index in [1.807, 2.05) is 24.3 Å². The van der Waals surface area contributed by atoms with Crippen LogP contribution in [0.1, 0.15) is 43.7 Å². The molecule has 1 atom stereocenters. The lowest BCUT2D eigenvalue weighted by Crippen LogP contribution is -2.48. The summed E-state index contributed by atoms with van der Waals surface area (Å²) in [6.07, 6.45) is 3.33. The quantitative estimate of drug-likeness (QED) is 0.632. The Morgan fingerprint density at radius 2 is 1.88 bits per heavy atom. The summed E-state index contributed by atoms with van der Waals surface area (Å²) in [4.78, 5) is 39.5. The maximum Gasteiger partial charge on any atom is 0.325 e. The van der Waals surface area contributed by atoms with Gasteiger partial charge in [-0.2, -0.15) is 5.26 Å². The molecule has 1 saturated carbocycles. The number of carbonyl (C=O) groups excluding carboxylic acids is 3. The van der Waals surface area contributed by atoms with Crippen LogP contribution in [0, 0.1) is 11.3 Å². The Hall–Kier alpha value is -3.86. The number of carbonyl (C=O) groups is 3. The molecule has 1 saturated heterocycles. The molecule has 1 unspecified atom stereocenters. The summed E-state index contributed by atoms with van der Waals surface area (Å²) in [5.74, 6) is -0.113. The summed E-state index contributed by atoms with van der Waals surface area (Å²) < 4.78 is 5.84.